The van der Waals surface area contributed by atoms with Crippen molar-refractivity contribution in [2.24, 2.45) is 0 Å². The number of nitrogens with zero attached hydrogens (tertiary/aromatic N) is 1. The third-order valence-corrected chi connectivity index (χ3v) is 3.06. The molecule has 0 atom stereocenters. The van der Waals surface area contributed by atoms with Gasteiger partial charge in [-0.2, -0.15) is 0 Å². The smallest absolute Gasteiger partial charge is 0.407 e. The van der Waals surface area contributed by atoms with Gasteiger partial charge in [-0.25, -0.2) is 9.78 Å². The molecule has 124 valence electrons. The minimum Gasteiger partial charge on any atom is -0.497 e. The van der Waals surface area contributed by atoms with Gasteiger partial charge in [0.15, 0.2) is 0 Å². The standard InChI is InChI=1S/C17H23N3O3/c1-17(2,3)23-16(21)20-10-9-19-15-14-11-13(22-4)6-5-12(14)7-8-18-15/h5-8,11H,9-10H2,1-4H3,(H,18,19)(H,20,21). The Morgan fingerprint density at radius 2 is 2.00 bits per heavy atom. The summed E-state index contributed by atoms with van der Waals surface area (Å²) in [7, 11) is 1.63. The molecule has 0 aliphatic heterocycles. The topological polar surface area (TPSA) is 72.5 Å². The first kappa shape index (κ1) is 16.9. The van der Waals surface area contributed by atoms with Crippen LogP contribution >= 0.6 is 0 Å². The van der Waals surface area contributed by atoms with Crippen molar-refractivity contribution in [1.82, 2.24) is 10.3 Å². The Labute approximate surface area is 136 Å². The zero-order valence-corrected chi connectivity index (χ0v) is 14.0. The molecule has 2 aromatic rings. The van der Waals surface area contributed by atoms with Crippen molar-refractivity contribution >= 4 is 22.7 Å². The minimum atomic E-state index is -0.495. The second kappa shape index (κ2) is 7.17. The number of benzene rings is 1. The molecule has 0 aliphatic rings. The summed E-state index contributed by atoms with van der Waals surface area (Å²) < 4.78 is 10.4. The van der Waals surface area contributed by atoms with Crippen LogP contribution in [-0.2, 0) is 4.74 Å². The van der Waals surface area contributed by atoms with E-state index in [0.29, 0.717) is 13.1 Å². The van der Waals surface area contributed by atoms with Gasteiger partial charge in [-0.15, -0.1) is 0 Å². The van der Waals surface area contributed by atoms with Crippen molar-refractivity contribution in [3.8, 4) is 5.75 Å². The van der Waals surface area contributed by atoms with Crippen molar-refractivity contribution in [1.29, 1.82) is 0 Å². The van der Waals surface area contributed by atoms with Crippen LogP contribution in [0.1, 0.15) is 20.8 Å². The Morgan fingerprint density at radius 3 is 2.70 bits per heavy atom. The molecule has 23 heavy (non-hydrogen) atoms. The van der Waals surface area contributed by atoms with Crippen LogP contribution in [0.25, 0.3) is 10.8 Å². The van der Waals surface area contributed by atoms with E-state index in [2.05, 4.69) is 15.6 Å². The van der Waals surface area contributed by atoms with E-state index in [9.17, 15) is 4.79 Å². The third kappa shape index (κ3) is 5.02. The molecule has 0 spiro atoms. The van der Waals surface area contributed by atoms with Gasteiger partial charge in [-0.3, -0.25) is 0 Å². The summed E-state index contributed by atoms with van der Waals surface area (Å²) in [5.74, 6) is 1.54. The van der Waals surface area contributed by atoms with E-state index in [0.717, 1.165) is 22.3 Å². The number of anilines is 1. The van der Waals surface area contributed by atoms with Crippen LogP contribution in [0.3, 0.4) is 0 Å². The molecule has 0 saturated carbocycles. The van der Waals surface area contributed by atoms with Gasteiger partial charge < -0.3 is 20.1 Å². The van der Waals surface area contributed by atoms with E-state index in [-0.39, 0.29) is 0 Å². The number of rotatable bonds is 5. The van der Waals surface area contributed by atoms with Gasteiger partial charge in [-0.1, -0.05) is 6.07 Å². The number of aromatic nitrogens is 1. The van der Waals surface area contributed by atoms with Crippen molar-refractivity contribution in [2.45, 2.75) is 26.4 Å². The van der Waals surface area contributed by atoms with Crippen LogP contribution in [0.2, 0.25) is 0 Å². The van der Waals surface area contributed by atoms with Gasteiger partial charge in [0.05, 0.1) is 7.11 Å². The molecule has 1 aromatic heterocycles. The lowest BCUT2D eigenvalue weighted by molar-refractivity contribution is 0.0530. The maximum absolute atomic E-state index is 11.6. The lowest BCUT2D eigenvalue weighted by Gasteiger charge is -2.19. The molecule has 1 heterocycles. The summed E-state index contributed by atoms with van der Waals surface area (Å²) in [5, 5.41) is 7.97. The largest absolute Gasteiger partial charge is 0.497 e. The van der Waals surface area contributed by atoms with Gasteiger partial charge in [0.1, 0.15) is 17.2 Å². The van der Waals surface area contributed by atoms with Gasteiger partial charge in [0, 0.05) is 24.7 Å². The van der Waals surface area contributed by atoms with Gasteiger partial charge in [0.2, 0.25) is 0 Å². The molecule has 0 aliphatic carbocycles. The number of hydrogen-bond acceptors (Lipinski definition) is 5. The quantitative estimate of drug-likeness (QED) is 0.829. The maximum Gasteiger partial charge on any atom is 0.407 e. The molecule has 0 radical (unpaired) electrons. The fraction of sp³-hybridized carbons (Fsp3) is 0.412. The Balaban J connectivity index is 1.93. The van der Waals surface area contributed by atoms with Crippen molar-refractivity contribution in [3.05, 3.63) is 30.5 Å². The Hall–Kier alpha value is -2.50. The molecule has 6 nitrogen and oxygen atoms in total. The number of alkyl carbamates (subject to hydrolysis) is 1. The van der Waals surface area contributed by atoms with E-state index in [4.69, 9.17) is 9.47 Å². The number of ether oxygens (including phenoxy) is 2. The second-order valence-corrected chi connectivity index (χ2v) is 6.10. The fourth-order valence-electron chi connectivity index (χ4n) is 2.07. The van der Waals surface area contributed by atoms with E-state index in [1.54, 1.807) is 13.3 Å². The number of carbonyl (C=O) groups is 1. The molecule has 0 saturated heterocycles. The predicted octanol–water partition coefficient (Wildman–Crippen LogP) is 3.18. The first-order valence-corrected chi connectivity index (χ1v) is 7.52. The van der Waals surface area contributed by atoms with Crippen LogP contribution in [0.5, 0.6) is 5.75 Å². The summed E-state index contributed by atoms with van der Waals surface area (Å²) in [6.45, 7) is 6.48. The molecular formula is C17H23N3O3. The molecule has 2 N–H and O–H groups in total. The minimum absolute atomic E-state index is 0.424. The molecule has 1 amide bonds. The highest BCUT2D eigenvalue weighted by Crippen LogP contribution is 2.25. The fourth-order valence-corrected chi connectivity index (χ4v) is 2.07. The molecule has 2 rings (SSSR count). The highest BCUT2D eigenvalue weighted by Gasteiger charge is 2.15. The molecule has 6 heteroatoms. The zero-order valence-electron chi connectivity index (χ0n) is 14.0. The SMILES string of the molecule is COc1ccc2ccnc(NCCNC(=O)OC(C)(C)C)c2c1. The predicted molar refractivity (Wildman–Crippen MR) is 91.0 cm³/mol. The molecule has 0 fully saturated rings. The van der Waals surface area contributed by atoms with Crippen LogP contribution in [-0.4, -0.2) is 36.9 Å². The van der Waals surface area contributed by atoms with E-state index < -0.39 is 11.7 Å². The average molecular weight is 317 g/mol. The van der Waals surface area contributed by atoms with E-state index in [1.165, 1.54) is 0 Å². The number of carbonyl (C=O) groups excluding carboxylic acids is 1. The van der Waals surface area contributed by atoms with E-state index in [1.807, 2.05) is 45.0 Å². The second-order valence-electron chi connectivity index (χ2n) is 6.10. The van der Waals surface area contributed by atoms with Crippen molar-refractivity contribution in [3.63, 3.8) is 0 Å². The van der Waals surface area contributed by atoms with Crippen LogP contribution in [0.15, 0.2) is 30.5 Å². The van der Waals surface area contributed by atoms with Crippen molar-refractivity contribution < 1.29 is 14.3 Å². The first-order chi connectivity index (χ1) is 10.9. The molecular weight excluding hydrogens is 294 g/mol. The van der Waals surface area contributed by atoms with Gasteiger partial charge in [-0.05, 0) is 44.4 Å². The number of pyridine rings is 1. The zero-order chi connectivity index (χ0) is 16.9. The molecule has 1 aromatic carbocycles. The summed E-state index contributed by atoms with van der Waals surface area (Å²) in [6, 6.07) is 7.78. The van der Waals surface area contributed by atoms with Crippen LogP contribution < -0.4 is 15.4 Å². The first-order valence-electron chi connectivity index (χ1n) is 7.52. The lowest BCUT2D eigenvalue weighted by atomic mass is 10.1. The van der Waals surface area contributed by atoms with Crippen molar-refractivity contribution in [2.75, 3.05) is 25.5 Å². The Bertz CT molecular complexity index is 680. The number of amides is 1. The Morgan fingerprint density at radius 1 is 1.22 bits per heavy atom. The monoisotopic (exact) mass is 317 g/mol. The maximum atomic E-state index is 11.6. The van der Waals surface area contributed by atoms with Crippen LogP contribution in [0.4, 0.5) is 10.6 Å². The highest BCUT2D eigenvalue weighted by molar-refractivity contribution is 5.92. The summed E-state index contributed by atoms with van der Waals surface area (Å²) in [6.07, 6.45) is 1.32. The number of nitrogens with one attached hydrogen (secondary N) is 2. The lowest BCUT2D eigenvalue weighted by Crippen LogP contribution is -2.35. The third-order valence-electron chi connectivity index (χ3n) is 3.06. The van der Waals surface area contributed by atoms with E-state index >= 15 is 0 Å². The van der Waals surface area contributed by atoms with Gasteiger partial charge >= 0.3 is 6.09 Å². The summed E-state index contributed by atoms with van der Waals surface area (Å²) in [5.41, 5.74) is -0.495. The normalized spacial score (nSPS) is 11.1. The number of fused-ring (bicyclic) bond motifs is 1. The Kier molecular flexibility index (Phi) is 5.26. The summed E-state index contributed by atoms with van der Waals surface area (Å²) >= 11 is 0. The number of methoxy groups -OCH3 is 1. The van der Waals surface area contributed by atoms with Crippen LogP contribution in [0, 0.1) is 0 Å². The highest BCUT2D eigenvalue weighted by atomic mass is 16.6. The average Bonchev–Trinajstić information content (AvgIpc) is 2.49. The number of hydrogen-bond donors (Lipinski definition) is 2. The van der Waals surface area contributed by atoms with Gasteiger partial charge in [0.25, 0.3) is 0 Å². The molecule has 0 bridgehead atoms. The summed E-state index contributed by atoms with van der Waals surface area (Å²) in [4.78, 5) is 15.9. The molecule has 0 unspecified atom stereocenters.